The van der Waals surface area contributed by atoms with Crippen molar-refractivity contribution in [3.05, 3.63) is 64.8 Å². The van der Waals surface area contributed by atoms with Gasteiger partial charge in [0, 0.05) is 29.1 Å². The van der Waals surface area contributed by atoms with Gasteiger partial charge >= 0.3 is 0 Å². The van der Waals surface area contributed by atoms with E-state index in [-0.39, 0.29) is 11.9 Å². The summed E-state index contributed by atoms with van der Waals surface area (Å²) in [5.41, 5.74) is 3.17. The standard InChI is InChI=1S/C22H23ClN2O/c1-5-15(3)25(4)22(26)20-13-16-11-10-14(2)12-18(16)21(24-20)17-8-6-7-9-19(17)23/h6-13,15H,5H2,1-4H3. The number of aromatic nitrogens is 1. The highest BCUT2D eigenvalue weighted by atomic mass is 35.5. The first kappa shape index (κ1) is 18.4. The van der Waals surface area contributed by atoms with Crippen molar-refractivity contribution in [3.63, 3.8) is 0 Å². The molecule has 1 heterocycles. The summed E-state index contributed by atoms with van der Waals surface area (Å²) >= 11 is 6.43. The maximum absolute atomic E-state index is 13.0. The van der Waals surface area contributed by atoms with Crippen molar-refractivity contribution in [2.24, 2.45) is 0 Å². The Labute approximate surface area is 159 Å². The van der Waals surface area contributed by atoms with Crippen LogP contribution in [0.1, 0.15) is 36.3 Å². The molecule has 3 aromatic rings. The van der Waals surface area contributed by atoms with Gasteiger partial charge in [0.05, 0.1) is 5.69 Å². The van der Waals surface area contributed by atoms with E-state index >= 15 is 0 Å². The van der Waals surface area contributed by atoms with E-state index in [0.29, 0.717) is 10.7 Å². The van der Waals surface area contributed by atoms with E-state index in [0.717, 1.165) is 34.0 Å². The van der Waals surface area contributed by atoms with E-state index < -0.39 is 0 Å². The monoisotopic (exact) mass is 366 g/mol. The van der Waals surface area contributed by atoms with Gasteiger partial charge in [0.2, 0.25) is 0 Å². The molecule has 0 bridgehead atoms. The molecular formula is C22H23ClN2O. The average molecular weight is 367 g/mol. The molecule has 134 valence electrons. The summed E-state index contributed by atoms with van der Waals surface area (Å²) in [4.78, 5) is 19.4. The van der Waals surface area contributed by atoms with Crippen molar-refractivity contribution in [1.29, 1.82) is 0 Å². The second-order valence-electron chi connectivity index (χ2n) is 6.73. The van der Waals surface area contributed by atoms with Gasteiger partial charge in [-0.3, -0.25) is 4.79 Å². The van der Waals surface area contributed by atoms with Gasteiger partial charge in [0.15, 0.2) is 0 Å². The molecule has 1 atom stereocenters. The Morgan fingerprint density at radius 1 is 1.19 bits per heavy atom. The van der Waals surface area contributed by atoms with Crippen molar-refractivity contribution in [1.82, 2.24) is 9.88 Å². The fourth-order valence-corrected chi connectivity index (χ4v) is 3.21. The number of hydrogen-bond donors (Lipinski definition) is 0. The Morgan fingerprint density at radius 2 is 1.92 bits per heavy atom. The zero-order valence-electron chi connectivity index (χ0n) is 15.6. The molecule has 26 heavy (non-hydrogen) atoms. The topological polar surface area (TPSA) is 33.2 Å². The fourth-order valence-electron chi connectivity index (χ4n) is 2.98. The molecule has 0 N–H and O–H groups in total. The molecule has 0 fully saturated rings. The predicted octanol–water partition coefficient (Wildman–Crippen LogP) is 5.73. The maximum atomic E-state index is 13.0. The lowest BCUT2D eigenvalue weighted by Gasteiger charge is -2.24. The van der Waals surface area contributed by atoms with Crippen LogP contribution in [0.15, 0.2) is 48.5 Å². The molecule has 2 aromatic carbocycles. The van der Waals surface area contributed by atoms with E-state index in [2.05, 4.69) is 13.0 Å². The van der Waals surface area contributed by atoms with E-state index in [1.165, 1.54) is 0 Å². The molecule has 3 nitrogen and oxygen atoms in total. The SMILES string of the molecule is CCC(C)N(C)C(=O)c1cc2ccc(C)cc2c(-c2ccccc2Cl)n1. The minimum atomic E-state index is -0.0740. The normalized spacial score (nSPS) is 12.2. The van der Waals surface area contributed by atoms with Gasteiger partial charge in [-0.05, 0) is 43.9 Å². The molecule has 3 rings (SSSR count). The number of carbonyl (C=O) groups is 1. The molecule has 0 aliphatic carbocycles. The number of amides is 1. The van der Waals surface area contributed by atoms with Gasteiger partial charge in [0.1, 0.15) is 5.69 Å². The Hall–Kier alpha value is -2.39. The van der Waals surface area contributed by atoms with Gasteiger partial charge in [-0.2, -0.15) is 0 Å². The summed E-state index contributed by atoms with van der Waals surface area (Å²) in [5.74, 6) is -0.0740. The predicted molar refractivity (Wildman–Crippen MR) is 109 cm³/mol. The third kappa shape index (κ3) is 3.45. The van der Waals surface area contributed by atoms with Crippen LogP contribution in [0.25, 0.3) is 22.0 Å². The van der Waals surface area contributed by atoms with E-state index in [9.17, 15) is 4.79 Å². The number of hydrogen-bond acceptors (Lipinski definition) is 2. The first-order chi connectivity index (χ1) is 12.4. The molecule has 1 aromatic heterocycles. The van der Waals surface area contributed by atoms with Crippen LogP contribution in [-0.2, 0) is 0 Å². The second-order valence-corrected chi connectivity index (χ2v) is 7.14. The summed E-state index contributed by atoms with van der Waals surface area (Å²) in [7, 11) is 1.83. The van der Waals surface area contributed by atoms with Crippen LogP contribution in [-0.4, -0.2) is 28.9 Å². The lowest BCUT2D eigenvalue weighted by molar-refractivity contribution is 0.0735. The number of benzene rings is 2. The fraction of sp³-hybridized carbons (Fsp3) is 0.273. The highest BCUT2D eigenvalue weighted by Crippen LogP contribution is 2.33. The van der Waals surface area contributed by atoms with Crippen molar-refractivity contribution in [2.45, 2.75) is 33.2 Å². The first-order valence-electron chi connectivity index (χ1n) is 8.85. The zero-order valence-corrected chi connectivity index (χ0v) is 16.3. The summed E-state index contributed by atoms with van der Waals surface area (Å²) in [6.45, 7) is 6.16. The molecule has 1 amide bonds. The maximum Gasteiger partial charge on any atom is 0.272 e. The van der Waals surface area contributed by atoms with E-state index in [4.69, 9.17) is 16.6 Å². The number of halogens is 1. The van der Waals surface area contributed by atoms with Crippen molar-refractivity contribution >= 4 is 28.3 Å². The number of rotatable bonds is 4. The molecule has 0 saturated heterocycles. The van der Waals surface area contributed by atoms with Crippen LogP contribution in [0.5, 0.6) is 0 Å². The van der Waals surface area contributed by atoms with Crippen LogP contribution in [0.4, 0.5) is 0 Å². The highest BCUT2D eigenvalue weighted by Gasteiger charge is 2.20. The van der Waals surface area contributed by atoms with Gasteiger partial charge < -0.3 is 4.90 Å². The third-order valence-electron chi connectivity index (χ3n) is 4.91. The number of pyridine rings is 1. The smallest absolute Gasteiger partial charge is 0.272 e. The molecule has 0 spiro atoms. The summed E-state index contributed by atoms with van der Waals surface area (Å²) < 4.78 is 0. The van der Waals surface area contributed by atoms with Crippen LogP contribution in [0.3, 0.4) is 0 Å². The summed E-state index contributed by atoms with van der Waals surface area (Å²) in [5, 5.41) is 2.62. The molecule has 0 saturated carbocycles. The van der Waals surface area contributed by atoms with Gasteiger partial charge in [0.25, 0.3) is 5.91 Å². The largest absolute Gasteiger partial charge is 0.338 e. The number of carbonyl (C=O) groups excluding carboxylic acids is 1. The minimum Gasteiger partial charge on any atom is -0.338 e. The molecule has 4 heteroatoms. The van der Waals surface area contributed by atoms with Crippen LogP contribution in [0.2, 0.25) is 5.02 Å². The first-order valence-corrected chi connectivity index (χ1v) is 9.23. The molecular weight excluding hydrogens is 344 g/mol. The van der Waals surface area contributed by atoms with Crippen molar-refractivity contribution in [2.75, 3.05) is 7.05 Å². The Morgan fingerprint density at radius 3 is 2.62 bits per heavy atom. The molecule has 0 aliphatic heterocycles. The lowest BCUT2D eigenvalue weighted by Crippen LogP contribution is -2.35. The van der Waals surface area contributed by atoms with Crippen LogP contribution >= 0.6 is 11.6 Å². The zero-order chi connectivity index (χ0) is 18.8. The lowest BCUT2D eigenvalue weighted by atomic mass is 10.0. The number of fused-ring (bicyclic) bond motifs is 1. The quantitative estimate of drug-likeness (QED) is 0.590. The van der Waals surface area contributed by atoms with Crippen molar-refractivity contribution < 1.29 is 4.79 Å². The molecule has 1 unspecified atom stereocenters. The summed E-state index contributed by atoms with van der Waals surface area (Å²) in [6.07, 6.45) is 0.895. The Bertz CT molecular complexity index is 968. The van der Waals surface area contributed by atoms with E-state index in [1.54, 1.807) is 4.90 Å². The molecule has 0 aliphatic rings. The van der Waals surface area contributed by atoms with Crippen LogP contribution in [0, 0.1) is 6.92 Å². The number of nitrogens with zero attached hydrogens (tertiary/aromatic N) is 2. The Balaban J connectivity index is 2.23. The third-order valence-corrected chi connectivity index (χ3v) is 5.24. The van der Waals surface area contributed by atoms with Gasteiger partial charge in [-0.15, -0.1) is 0 Å². The number of aryl methyl sites for hydroxylation is 1. The van der Waals surface area contributed by atoms with E-state index in [1.807, 2.05) is 63.4 Å². The average Bonchev–Trinajstić information content (AvgIpc) is 2.66. The Kier molecular flexibility index (Phi) is 5.28. The summed E-state index contributed by atoms with van der Waals surface area (Å²) in [6, 6.07) is 15.8. The second kappa shape index (κ2) is 7.46. The van der Waals surface area contributed by atoms with Crippen LogP contribution < -0.4 is 0 Å². The highest BCUT2D eigenvalue weighted by molar-refractivity contribution is 6.33. The van der Waals surface area contributed by atoms with Crippen molar-refractivity contribution in [3.8, 4) is 11.3 Å². The molecule has 0 radical (unpaired) electrons. The van der Waals surface area contributed by atoms with Gasteiger partial charge in [-0.1, -0.05) is 54.4 Å². The minimum absolute atomic E-state index is 0.0740. The van der Waals surface area contributed by atoms with Gasteiger partial charge in [-0.25, -0.2) is 4.98 Å².